The van der Waals surface area contributed by atoms with Gasteiger partial charge in [-0.15, -0.1) is 0 Å². The second-order valence-electron chi connectivity index (χ2n) is 0.816. The molecule has 0 radical (unpaired) electrons. The van der Waals surface area contributed by atoms with Crippen molar-refractivity contribution in [3.8, 4) is 0 Å². The van der Waals surface area contributed by atoms with E-state index < -0.39 is 20.8 Å². The second kappa shape index (κ2) is 74.4. The zero-order valence-electron chi connectivity index (χ0n) is 12.1. The van der Waals surface area contributed by atoms with E-state index in [-0.39, 0.29) is 134 Å². The quantitative estimate of drug-likeness (QED) is 0.138. The van der Waals surface area contributed by atoms with Crippen molar-refractivity contribution in [2.45, 2.75) is 0 Å². The molecule has 30 N–H and O–H groups in total. The van der Waals surface area contributed by atoms with Gasteiger partial charge in [-0.05, 0) is 0 Å². The number of rotatable bonds is 0. The van der Waals surface area contributed by atoms with Gasteiger partial charge < -0.3 is 83.9 Å². The fourth-order valence-electron chi connectivity index (χ4n) is 0. The third-order valence-corrected chi connectivity index (χ3v) is 0. The minimum atomic E-state index is -5.17. The van der Waals surface area contributed by atoms with Crippen LogP contribution in [0.1, 0.15) is 0 Å². The van der Waals surface area contributed by atoms with Gasteiger partial charge in [0.2, 0.25) is 0 Å². The Morgan fingerprint density at radius 2 is 0.417 bits per heavy atom. The molecule has 0 heterocycles. The Hall–Kier alpha value is 1.43. The molecule has 0 atom stereocenters. The molecule has 160 valence electrons. The SMILES string of the molecule is O.O.O.O.O.O.O=S(=O)([O-])[O-].O=S(=O)([O-])[O-].[Al+3].[K+].[OH3+].[OH3+].[OH3+].[OH3+].[OH3+].[OH3+]. The Balaban J connectivity index is -0.00000000241. The van der Waals surface area contributed by atoms with Crippen molar-refractivity contribution in [1.82, 2.24) is 0 Å². The van der Waals surface area contributed by atoms with Gasteiger partial charge in [-0.2, -0.15) is 0 Å². The van der Waals surface area contributed by atoms with Gasteiger partial charge in [0.1, 0.15) is 0 Å². The van der Waals surface area contributed by atoms with Gasteiger partial charge in [0.25, 0.3) is 0 Å². The van der Waals surface area contributed by atoms with Crippen molar-refractivity contribution in [2.75, 3.05) is 0 Å². The van der Waals surface area contributed by atoms with Crippen LogP contribution in [-0.2, 0) is 53.7 Å². The van der Waals surface area contributed by atoms with Gasteiger partial charge in [0.15, 0.2) is 0 Å². The average Bonchev–Trinajstić information content (AvgIpc) is 1.12. The summed E-state index contributed by atoms with van der Waals surface area (Å²) in [6, 6.07) is 0. The maximum absolute atomic E-state index is 8.52. The van der Waals surface area contributed by atoms with Crippen LogP contribution in [0.2, 0.25) is 0 Å². The molecule has 0 aliphatic carbocycles. The minimum Gasteiger partial charge on any atom is -0.759 e. The van der Waals surface area contributed by atoms with E-state index in [0.717, 1.165) is 0 Å². The Morgan fingerprint density at radius 1 is 0.417 bits per heavy atom. The van der Waals surface area contributed by atoms with Crippen LogP contribution >= 0.6 is 0 Å². The van der Waals surface area contributed by atoms with E-state index in [4.69, 9.17) is 35.0 Å². The zero-order chi connectivity index (χ0) is 9.00. The third kappa shape index (κ3) is 5770. The monoisotopic (exact) mass is 480 g/mol. The Labute approximate surface area is 188 Å². The average molecular weight is 480 g/mol. The van der Waals surface area contributed by atoms with E-state index in [1.54, 1.807) is 0 Å². The van der Waals surface area contributed by atoms with Gasteiger partial charge in [-0.1, -0.05) is 0 Å². The van der Waals surface area contributed by atoms with Gasteiger partial charge in [0.05, 0.1) is 0 Å². The van der Waals surface area contributed by atoms with E-state index in [1.165, 1.54) is 0 Å². The molecular formula is H30AlKO20S2+6. The molecule has 0 aromatic heterocycles. The summed E-state index contributed by atoms with van der Waals surface area (Å²) < 4.78 is 68.2. The molecule has 0 aromatic rings. The molecule has 0 fully saturated rings. The summed E-state index contributed by atoms with van der Waals surface area (Å²) in [6.07, 6.45) is 0. The number of hydrogen-bond acceptors (Lipinski definition) is 8. The normalized spacial score (nSPS) is 4.83. The van der Waals surface area contributed by atoms with Crippen LogP contribution in [0, 0.1) is 0 Å². The van der Waals surface area contributed by atoms with Crippen molar-refractivity contribution in [1.29, 1.82) is 0 Å². The van der Waals surface area contributed by atoms with Crippen LogP contribution in [0.15, 0.2) is 0 Å². The van der Waals surface area contributed by atoms with Crippen molar-refractivity contribution < 1.29 is 152 Å². The van der Waals surface area contributed by atoms with Crippen LogP contribution < -0.4 is 51.4 Å². The summed E-state index contributed by atoms with van der Waals surface area (Å²) in [4.78, 5) is 0. The molecule has 0 unspecified atom stereocenters. The van der Waals surface area contributed by atoms with E-state index in [2.05, 4.69) is 0 Å². The van der Waals surface area contributed by atoms with Gasteiger partial charge in [0, 0.05) is 20.8 Å². The predicted molar refractivity (Wildman–Crippen MR) is 77.6 cm³/mol. The maximum Gasteiger partial charge on any atom is 3.00 e. The van der Waals surface area contributed by atoms with E-state index in [9.17, 15) is 0 Å². The molecule has 0 saturated heterocycles. The summed E-state index contributed by atoms with van der Waals surface area (Å²) in [5, 5.41) is 0. The third-order valence-electron chi connectivity index (χ3n) is 0. The first-order valence-corrected chi connectivity index (χ1v) is 4.00. The second-order valence-corrected chi connectivity index (χ2v) is 2.45. The van der Waals surface area contributed by atoms with Crippen LogP contribution in [-0.4, -0.2) is 85.3 Å². The standard InChI is InChI=1S/Al.K.2H2O4S.12H2O/c;;2*1-5(2,3)4;;;;;;;;;;;;/h;;2*(H2,1,2,3,4);12*1H2/q+3;+1;;;;;;;;;;;;;;/p+2. The molecule has 24 heteroatoms. The summed E-state index contributed by atoms with van der Waals surface area (Å²) in [6.45, 7) is 0. The van der Waals surface area contributed by atoms with Crippen molar-refractivity contribution in [2.24, 2.45) is 0 Å². The Kier molecular flexibility index (Phi) is 529. The molecular weight excluding hydrogens is 450 g/mol. The number of hydrogen-bond donors (Lipinski definition) is 0. The molecule has 0 saturated carbocycles. The van der Waals surface area contributed by atoms with E-state index in [0.29, 0.717) is 0 Å². The van der Waals surface area contributed by atoms with Gasteiger partial charge in [-0.3, -0.25) is 16.8 Å². The summed E-state index contributed by atoms with van der Waals surface area (Å²) in [5.74, 6) is 0. The molecule has 20 nitrogen and oxygen atoms in total. The molecule has 0 aliphatic heterocycles. The molecule has 0 aliphatic rings. The molecule has 0 rings (SSSR count). The topological polar surface area (TPSA) is 548 Å². The predicted octanol–water partition coefficient (Wildman–Crippen LogP) is -16.5. The van der Waals surface area contributed by atoms with E-state index in [1.807, 2.05) is 0 Å². The summed E-state index contributed by atoms with van der Waals surface area (Å²) >= 11 is 0. The molecule has 0 bridgehead atoms. The minimum absolute atomic E-state index is 0. The van der Waals surface area contributed by atoms with Crippen LogP contribution in [0.4, 0.5) is 0 Å². The van der Waals surface area contributed by atoms with Crippen LogP contribution in [0.25, 0.3) is 0 Å². The molecule has 24 heavy (non-hydrogen) atoms. The molecule has 0 amide bonds. The summed E-state index contributed by atoms with van der Waals surface area (Å²) in [5.41, 5.74) is 0. The fraction of sp³-hybridized carbons (Fsp3) is 0. The fourth-order valence-corrected chi connectivity index (χ4v) is 0. The van der Waals surface area contributed by atoms with Crippen molar-refractivity contribution >= 4 is 38.2 Å². The smallest absolute Gasteiger partial charge is 0.759 e. The first-order valence-electron chi connectivity index (χ1n) is 1.33. The van der Waals surface area contributed by atoms with Crippen molar-refractivity contribution in [3.05, 3.63) is 0 Å². The van der Waals surface area contributed by atoms with Crippen LogP contribution in [0.5, 0.6) is 0 Å². The molecule has 0 spiro atoms. The molecule has 0 aromatic carbocycles. The van der Waals surface area contributed by atoms with Crippen molar-refractivity contribution in [3.63, 3.8) is 0 Å². The van der Waals surface area contributed by atoms with Gasteiger partial charge >= 0.3 is 68.7 Å². The first-order chi connectivity index (χ1) is 4.00. The largest absolute Gasteiger partial charge is 3.00 e. The maximum atomic E-state index is 8.52. The van der Waals surface area contributed by atoms with E-state index >= 15 is 0 Å². The zero-order valence-corrected chi connectivity index (χ0v) is 18.0. The Morgan fingerprint density at radius 3 is 0.417 bits per heavy atom. The van der Waals surface area contributed by atoms with Crippen LogP contribution in [0.3, 0.4) is 0 Å². The Bertz CT molecular complexity index is 218. The summed E-state index contributed by atoms with van der Waals surface area (Å²) in [7, 11) is -10.3. The van der Waals surface area contributed by atoms with Gasteiger partial charge in [-0.25, -0.2) is 0 Å². The first kappa shape index (κ1) is 171.